The predicted octanol–water partition coefficient (Wildman–Crippen LogP) is 2.99. The van der Waals surface area contributed by atoms with Crippen molar-refractivity contribution in [1.29, 1.82) is 10.5 Å². The quantitative estimate of drug-likeness (QED) is 0.772. The second-order valence-electron chi connectivity index (χ2n) is 4.10. The Morgan fingerprint density at radius 3 is 2.48 bits per heavy atom. The molecule has 0 spiro atoms. The zero-order valence-electron chi connectivity index (χ0n) is 10.6. The fourth-order valence-electron chi connectivity index (χ4n) is 1.70. The van der Waals surface area contributed by atoms with E-state index in [0.29, 0.717) is 5.69 Å². The van der Waals surface area contributed by atoms with E-state index in [-0.39, 0.29) is 22.4 Å². The van der Waals surface area contributed by atoms with Crippen LogP contribution in [0.4, 0.5) is 5.69 Å². The van der Waals surface area contributed by atoms with Gasteiger partial charge in [-0.25, -0.2) is 0 Å². The number of nitriles is 2. The summed E-state index contributed by atoms with van der Waals surface area (Å²) in [6, 6.07) is 12.9. The van der Waals surface area contributed by atoms with Crippen molar-refractivity contribution in [2.45, 2.75) is 0 Å². The summed E-state index contributed by atoms with van der Waals surface area (Å²) in [4.78, 5) is 12.1. The number of phenolic OH excluding ortho intramolecular Hbond substituents is 1. The molecule has 0 saturated heterocycles. The van der Waals surface area contributed by atoms with E-state index >= 15 is 0 Å². The number of hydrogen-bond acceptors (Lipinski definition) is 4. The van der Waals surface area contributed by atoms with Gasteiger partial charge in [0.15, 0.2) is 0 Å². The molecule has 0 fully saturated rings. The number of aromatic hydroxyl groups is 1. The van der Waals surface area contributed by atoms with Crippen molar-refractivity contribution in [2.75, 3.05) is 5.32 Å². The molecule has 0 aromatic heterocycles. The molecule has 0 unspecified atom stereocenters. The number of halogens is 1. The first-order chi connectivity index (χ1) is 10.0. The van der Waals surface area contributed by atoms with Gasteiger partial charge in [-0.15, -0.1) is 0 Å². The molecule has 0 atom stereocenters. The summed E-state index contributed by atoms with van der Waals surface area (Å²) in [5, 5.41) is 30.1. The molecule has 0 saturated carbocycles. The zero-order valence-corrected chi connectivity index (χ0v) is 12.7. The molecule has 5 nitrogen and oxygen atoms in total. The van der Waals surface area contributed by atoms with Crippen molar-refractivity contribution in [1.82, 2.24) is 0 Å². The third kappa shape index (κ3) is 3.30. The largest absolute Gasteiger partial charge is 0.507 e. The highest BCUT2D eigenvalue weighted by Gasteiger charge is 2.12. The highest BCUT2D eigenvalue weighted by molar-refractivity contribution is 14.1. The molecule has 0 heterocycles. The molecule has 2 N–H and O–H groups in total. The minimum absolute atomic E-state index is 0.123. The van der Waals surface area contributed by atoms with Crippen LogP contribution in [0.3, 0.4) is 0 Å². The van der Waals surface area contributed by atoms with Gasteiger partial charge in [-0.1, -0.05) is 0 Å². The van der Waals surface area contributed by atoms with Gasteiger partial charge in [0.1, 0.15) is 17.9 Å². The SMILES string of the molecule is N#Cc1ccc(NC(=O)c2cc(I)ccc2O)cc1C#N. The van der Waals surface area contributed by atoms with Gasteiger partial charge in [-0.05, 0) is 59.0 Å². The number of rotatable bonds is 2. The Kier molecular flexibility index (Phi) is 4.41. The molecule has 0 aliphatic rings. The molecular formula is C15H8IN3O2. The van der Waals surface area contributed by atoms with E-state index in [1.165, 1.54) is 24.3 Å². The number of carbonyl (C=O) groups excluding carboxylic acids is 1. The van der Waals surface area contributed by atoms with E-state index in [4.69, 9.17) is 10.5 Å². The van der Waals surface area contributed by atoms with Crippen molar-refractivity contribution in [2.24, 2.45) is 0 Å². The minimum Gasteiger partial charge on any atom is -0.507 e. The van der Waals surface area contributed by atoms with Crippen molar-refractivity contribution >= 4 is 34.2 Å². The average molecular weight is 389 g/mol. The normalized spacial score (nSPS) is 9.48. The van der Waals surface area contributed by atoms with E-state index in [1.54, 1.807) is 12.1 Å². The first-order valence-electron chi connectivity index (χ1n) is 5.79. The first-order valence-corrected chi connectivity index (χ1v) is 6.87. The Morgan fingerprint density at radius 1 is 1.10 bits per heavy atom. The number of nitrogens with zero attached hydrogens (tertiary/aromatic N) is 2. The number of amides is 1. The Hall–Kier alpha value is -2.58. The lowest BCUT2D eigenvalue weighted by Gasteiger charge is -2.08. The van der Waals surface area contributed by atoms with E-state index in [2.05, 4.69) is 5.32 Å². The smallest absolute Gasteiger partial charge is 0.259 e. The second kappa shape index (κ2) is 6.25. The number of benzene rings is 2. The molecule has 21 heavy (non-hydrogen) atoms. The highest BCUT2D eigenvalue weighted by Crippen LogP contribution is 2.22. The standard InChI is InChI=1S/C15H8IN3O2/c16-11-2-4-14(20)13(6-11)15(21)19-12-3-1-9(7-17)10(5-12)8-18/h1-6,20H,(H,19,21). The van der Waals surface area contributed by atoms with Gasteiger partial charge in [-0.3, -0.25) is 4.79 Å². The van der Waals surface area contributed by atoms with Gasteiger partial charge in [0.2, 0.25) is 0 Å². The van der Waals surface area contributed by atoms with E-state index < -0.39 is 5.91 Å². The molecule has 0 aliphatic heterocycles. The van der Waals surface area contributed by atoms with Crippen LogP contribution in [0.2, 0.25) is 0 Å². The molecular weight excluding hydrogens is 381 g/mol. The molecule has 6 heteroatoms. The molecule has 2 rings (SSSR count). The lowest BCUT2D eigenvalue weighted by Crippen LogP contribution is -2.12. The van der Waals surface area contributed by atoms with Crippen molar-refractivity contribution in [3.8, 4) is 17.9 Å². The van der Waals surface area contributed by atoms with Gasteiger partial charge in [0.25, 0.3) is 5.91 Å². The van der Waals surface area contributed by atoms with Crippen LogP contribution >= 0.6 is 22.6 Å². The third-order valence-electron chi connectivity index (χ3n) is 2.72. The summed E-state index contributed by atoms with van der Waals surface area (Å²) in [6.45, 7) is 0. The van der Waals surface area contributed by atoms with Gasteiger partial charge in [0, 0.05) is 9.26 Å². The maximum Gasteiger partial charge on any atom is 0.259 e. The number of carbonyl (C=O) groups is 1. The maximum absolute atomic E-state index is 12.1. The van der Waals surface area contributed by atoms with Crippen LogP contribution in [0.25, 0.3) is 0 Å². The van der Waals surface area contributed by atoms with Crippen molar-refractivity contribution in [3.05, 3.63) is 56.7 Å². The Morgan fingerprint density at radius 2 is 1.81 bits per heavy atom. The van der Waals surface area contributed by atoms with Gasteiger partial charge >= 0.3 is 0 Å². The summed E-state index contributed by atoms with van der Waals surface area (Å²) in [7, 11) is 0. The second-order valence-corrected chi connectivity index (χ2v) is 5.35. The molecule has 2 aromatic rings. The Labute approximate surface area is 134 Å². The highest BCUT2D eigenvalue weighted by atomic mass is 127. The molecule has 0 aliphatic carbocycles. The molecule has 0 bridgehead atoms. The Balaban J connectivity index is 2.30. The number of phenols is 1. The summed E-state index contributed by atoms with van der Waals surface area (Å²) >= 11 is 2.04. The van der Waals surface area contributed by atoms with E-state index in [0.717, 1.165) is 3.57 Å². The monoisotopic (exact) mass is 389 g/mol. The van der Waals surface area contributed by atoms with Crippen LogP contribution in [0.5, 0.6) is 5.75 Å². The van der Waals surface area contributed by atoms with Crippen LogP contribution < -0.4 is 5.32 Å². The van der Waals surface area contributed by atoms with Gasteiger partial charge in [0.05, 0.1) is 16.7 Å². The fourth-order valence-corrected chi connectivity index (χ4v) is 2.19. The van der Waals surface area contributed by atoms with Crippen LogP contribution in [0, 0.1) is 26.2 Å². The van der Waals surface area contributed by atoms with E-state index in [9.17, 15) is 9.90 Å². The third-order valence-corrected chi connectivity index (χ3v) is 3.39. The fraction of sp³-hybridized carbons (Fsp3) is 0. The zero-order chi connectivity index (χ0) is 15.4. The maximum atomic E-state index is 12.1. The van der Waals surface area contributed by atoms with Gasteiger partial charge < -0.3 is 10.4 Å². The number of anilines is 1. The van der Waals surface area contributed by atoms with Crippen LogP contribution in [-0.4, -0.2) is 11.0 Å². The van der Waals surface area contributed by atoms with Crippen LogP contribution in [0.1, 0.15) is 21.5 Å². The Bertz CT molecular complexity index is 804. The summed E-state index contributed by atoms with van der Waals surface area (Å²) in [6.07, 6.45) is 0. The minimum atomic E-state index is -0.486. The number of hydrogen-bond donors (Lipinski definition) is 2. The molecule has 102 valence electrons. The summed E-state index contributed by atoms with van der Waals surface area (Å²) in [5.74, 6) is -0.610. The predicted molar refractivity (Wildman–Crippen MR) is 84.6 cm³/mol. The summed E-state index contributed by atoms with van der Waals surface area (Å²) < 4.78 is 0.813. The first kappa shape index (κ1) is 14.8. The molecule has 0 radical (unpaired) electrons. The van der Waals surface area contributed by atoms with Crippen LogP contribution in [0.15, 0.2) is 36.4 Å². The lowest BCUT2D eigenvalue weighted by atomic mass is 10.1. The summed E-state index contributed by atoms with van der Waals surface area (Å²) in [5.41, 5.74) is 0.952. The van der Waals surface area contributed by atoms with Crippen molar-refractivity contribution < 1.29 is 9.90 Å². The van der Waals surface area contributed by atoms with Crippen LogP contribution in [-0.2, 0) is 0 Å². The van der Waals surface area contributed by atoms with Gasteiger partial charge in [-0.2, -0.15) is 10.5 Å². The van der Waals surface area contributed by atoms with E-state index in [1.807, 2.05) is 34.7 Å². The molecule has 2 aromatic carbocycles. The molecule has 1 amide bonds. The average Bonchev–Trinajstić information content (AvgIpc) is 2.49. The number of nitrogens with one attached hydrogen (secondary N) is 1. The topological polar surface area (TPSA) is 96.9 Å². The van der Waals surface area contributed by atoms with Crippen molar-refractivity contribution in [3.63, 3.8) is 0 Å². The lowest BCUT2D eigenvalue weighted by molar-refractivity contribution is 0.102.